The second-order valence-electron chi connectivity index (χ2n) is 3.08. The molecule has 0 fully saturated rings. The molecule has 0 aliphatic rings. The molecular weight excluding hydrogens is 232 g/mol. The van der Waals surface area contributed by atoms with E-state index in [1.165, 1.54) is 13.0 Å². The first-order chi connectivity index (χ1) is 7.43. The molecule has 0 saturated carbocycles. The van der Waals surface area contributed by atoms with E-state index >= 15 is 0 Å². The highest BCUT2D eigenvalue weighted by Crippen LogP contribution is 2.23. The van der Waals surface area contributed by atoms with E-state index in [-0.39, 0.29) is 10.6 Å². The van der Waals surface area contributed by atoms with Gasteiger partial charge in [0.15, 0.2) is 0 Å². The molecule has 7 heteroatoms. The van der Waals surface area contributed by atoms with Gasteiger partial charge in [0, 0.05) is 0 Å². The van der Waals surface area contributed by atoms with Crippen LogP contribution in [-0.4, -0.2) is 22.9 Å². The van der Waals surface area contributed by atoms with Crippen molar-refractivity contribution in [3.63, 3.8) is 0 Å². The Morgan fingerprint density at radius 2 is 2.12 bits per heavy atom. The van der Waals surface area contributed by atoms with Gasteiger partial charge in [0.05, 0.1) is 5.56 Å². The maximum Gasteiger partial charge on any atom is 0.315 e. The van der Waals surface area contributed by atoms with Crippen LogP contribution in [-0.2, 0) is 9.59 Å². The molecular formula is C9H10N2O4S. The number of hydrogen-bond acceptors (Lipinski definition) is 4. The third-order valence-corrected chi connectivity index (χ3v) is 2.76. The van der Waals surface area contributed by atoms with Crippen molar-refractivity contribution < 1.29 is 19.5 Å². The number of anilines is 1. The number of amides is 2. The first-order valence-corrected chi connectivity index (χ1v) is 5.22. The molecule has 1 atom stereocenters. The van der Waals surface area contributed by atoms with Crippen LogP contribution in [0.4, 0.5) is 5.00 Å². The number of carbonyl (C=O) groups is 3. The lowest BCUT2D eigenvalue weighted by Gasteiger charge is -2.07. The normalized spacial score (nSPS) is 11.8. The topological polar surface area (TPSA) is 109 Å². The minimum Gasteiger partial charge on any atom is -0.481 e. The molecule has 0 bridgehead atoms. The van der Waals surface area contributed by atoms with Crippen molar-refractivity contribution in [3.05, 3.63) is 17.0 Å². The molecule has 2 amide bonds. The summed E-state index contributed by atoms with van der Waals surface area (Å²) >= 11 is 1.11. The van der Waals surface area contributed by atoms with Crippen molar-refractivity contribution in [3.8, 4) is 0 Å². The van der Waals surface area contributed by atoms with E-state index in [2.05, 4.69) is 5.32 Å². The van der Waals surface area contributed by atoms with Crippen molar-refractivity contribution in [1.29, 1.82) is 0 Å². The molecule has 86 valence electrons. The van der Waals surface area contributed by atoms with Crippen molar-refractivity contribution in [2.45, 2.75) is 6.92 Å². The average molecular weight is 242 g/mol. The molecule has 0 aliphatic heterocycles. The van der Waals surface area contributed by atoms with Gasteiger partial charge in [-0.25, -0.2) is 0 Å². The largest absolute Gasteiger partial charge is 0.481 e. The monoisotopic (exact) mass is 242 g/mol. The van der Waals surface area contributed by atoms with Gasteiger partial charge >= 0.3 is 5.97 Å². The Balaban J connectivity index is 2.81. The Kier molecular flexibility index (Phi) is 3.62. The summed E-state index contributed by atoms with van der Waals surface area (Å²) in [5, 5.41) is 12.8. The van der Waals surface area contributed by atoms with Crippen LogP contribution in [0.15, 0.2) is 11.4 Å². The number of aliphatic carboxylic acids is 1. The van der Waals surface area contributed by atoms with Crippen LogP contribution in [0.5, 0.6) is 0 Å². The van der Waals surface area contributed by atoms with Crippen molar-refractivity contribution in [1.82, 2.24) is 0 Å². The number of carboxylic acid groups (broad SMARTS) is 1. The van der Waals surface area contributed by atoms with Crippen LogP contribution in [0.2, 0.25) is 0 Å². The molecule has 0 saturated heterocycles. The van der Waals surface area contributed by atoms with Gasteiger partial charge in [0.2, 0.25) is 5.91 Å². The lowest BCUT2D eigenvalue weighted by Crippen LogP contribution is -2.27. The maximum atomic E-state index is 11.4. The Hall–Kier alpha value is -1.89. The predicted molar refractivity (Wildman–Crippen MR) is 58.3 cm³/mol. The fraction of sp³-hybridized carbons (Fsp3) is 0.222. The molecule has 16 heavy (non-hydrogen) atoms. The first-order valence-electron chi connectivity index (χ1n) is 4.34. The fourth-order valence-electron chi connectivity index (χ4n) is 0.932. The summed E-state index contributed by atoms with van der Waals surface area (Å²) in [5.41, 5.74) is 5.25. The minimum absolute atomic E-state index is 0.177. The molecule has 0 aromatic carbocycles. The summed E-state index contributed by atoms with van der Waals surface area (Å²) in [6.45, 7) is 1.26. The Morgan fingerprint density at radius 3 is 2.62 bits per heavy atom. The zero-order chi connectivity index (χ0) is 12.3. The predicted octanol–water partition coefficient (Wildman–Crippen LogP) is 0.506. The highest BCUT2D eigenvalue weighted by Gasteiger charge is 2.22. The highest BCUT2D eigenvalue weighted by molar-refractivity contribution is 7.14. The first kappa shape index (κ1) is 12.2. The van der Waals surface area contributed by atoms with Gasteiger partial charge in [0.1, 0.15) is 10.9 Å². The summed E-state index contributed by atoms with van der Waals surface area (Å²) in [6, 6.07) is 1.47. The van der Waals surface area contributed by atoms with E-state index in [0.29, 0.717) is 0 Å². The van der Waals surface area contributed by atoms with Gasteiger partial charge < -0.3 is 16.2 Å². The van der Waals surface area contributed by atoms with Gasteiger partial charge in [-0.15, -0.1) is 11.3 Å². The number of hydrogen-bond donors (Lipinski definition) is 3. The van der Waals surface area contributed by atoms with Gasteiger partial charge in [-0.2, -0.15) is 0 Å². The Morgan fingerprint density at radius 1 is 1.50 bits per heavy atom. The molecule has 1 aromatic heterocycles. The smallest absolute Gasteiger partial charge is 0.315 e. The number of nitrogens with one attached hydrogen (secondary N) is 1. The van der Waals surface area contributed by atoms with Gasteiger partial charge in [-0.3, -0.25) is 14.4 Å². The number of carbonyl (C=O) groups excluding carboxylic acids is 2. The summed E-state index contributed by atoms with van der Waals surface area (Å²) in [7, 11) is 0. The van der Waals surface area contributed by atoms with Crippen molar-refractivity contribution in [2.75, 3.05) is 5.32 Å². The molecule has 1 rings (SSSR count). The summed E-state index contributed by atoms with van der Waals surface area (Å²) in [6.07, 6.45) is 0. The molecule has 6 nitrogen and oxygen atoms in total. The molecule has 0 radical (unpaired) electrons. The third-order valence-electron chi connectivity index (χ3n) is 1.93. The minimum atomic E-state index is -1.23. The lowest BCUT2D eigenvalue weighted by molar-refractivity contribution is -0.144. The van der Waals surface area contributed by atoms with E-state index < -0.39 is 23.7 Å². The van der Waals surface area contributed by atoms with Crippen LogP contribution in [0, 0.1) is 5.92 Å². The van der Waals surface area contributed by atoms with E-state index in [4.69, 9.17) is 10.8 Å². The highest BCUT2D eigenvalue weighted by atomic mass is 32.1. The number of rotatable bonds is 4. The van der Waals surface area contributed by atoms with Crippen LogP contribution in [0.1, 0.15) is 17.3 Å². The standard InChI is InChI=1S/C9H10N2O4S/c1-4(9(14)15)7(13)11-8-5(6(10)12)2-3-16-8/h2-4H,1H3,(H2,10,12)(H,11,13)(H,14,15). The van der Waals surface area contributed by atoms with E-state index in [0.717, 1.165) is 11.3 Å². The Bertz CT molecular complexity index is 440. The quantitative estimate of drug-likeness (QED) is 0.668. The zero-order valence-electron chi connectivity index (χ0n) is 8.39. The molecule has 1 aromatic rings. The van der Waals surface area contributed by atoms with E-state index in [9.17, 15) is 14.4 Å². The van der Waals surface area contributed by atoms with Crippen LogP contribution >= 0.6 is 11.3 Å². The summed E-state index contributed by atoms with van der Waals surface area (Å²) < 4.78 is 0. The van der Waals surface area contributed by atoms with Gasteiger partial charge in [-0.05, 0) is 18.4 Å². The maximum absolute atomic E-state index is 11.4. The van der Waals surface area contributed by atoms with Crippen molar-refractivity contribution in [2.24, 2.45) is 11.7 Å². The van der Waals surface area contributed by atoms with Gasteiger partial charge in [0.25, 0.3) is 5.91 Å². The number of carboxylic acids is 1. The molecule has 4 N–H and O–H groups in total. The van der Waals surface area contributed by atoms with Crippen molar-refractivity contribution >= 4 is 34.1 Å². The Labute approximate surface area is 95.1 Å². The second-order valence-corrected chi connectivity index (χ2v) is 3.99. The summed E-state index contributed by atoms with van der Waals surface area (Å²) in [5.74, 6) is -3.76. The summed E-state index contributed by atoms with van der Waals surface area (Å²) in [4.78, 5) is 32.9. The molecule has 1 heterocycles. The fourth-order valence-corrected chi connectivity index (χ4v) is 1.73. The number of nitrogens with two attached hydrogens (primary N) is 1. The van der Waals surface area contributed by atoms with Crippen LogP contribution in [0.25, 0.3) is 0 Å². The van der Waals surface area contributed by atoms with Crippen LogP contribution in [0.3, 0.4) is 0 Å². The molecule has 1 unspecified atom stereocenters. The van der Waals surface area contributed by atoms with Gasteiger partial charge in [-0.1, -0.05) is 0 Å². The number of primary amides is 1. The zero-order valence-corrected chi connectivity index (χ0v) is 9.21. The third kappa shape index (κ3) is 2.57. The van der Waals surface area contributed by atoms with E-state index in [1.807, 2.05) is 0 Å². The number of thiophene rings is 1. The van der Waals surface area contributed by atoms with E-state index in [1.54, 1.807) is 5.38 Å². The SMILES string of the molecule is CC(C(=O)O)C(=O)Nc1sccc1C(N)=O. The average Bonchev–Trinajstić information content (AvgIpc) is 2.64. The van der Waals surface area contributed by atoms with Crippen LogP contribution < -0.4 is 11.1 Å². The molecule has 0 aliphatic carbocycles. The second kappa shape index (κ2) is 4.75. The lowest BCUT2D eigenvalue weighted by atomic mass is 10.1. The molecule has 0 spiro atoms.